The zero-order valence-electron chi connectivity index (χ0n) is 9.96. The van der Waals surface area contributed by atoms with Crippen LogP contribution in [0.3, 0.4) is 0 Å². The summed E-state index contributed by atoms with van der Waals surface area (Å²) in [6.07, 6.45) is 4.62. The lowest BCUT2D eigenvalue weighted by atomic mass is 9.81. The van der Waals surface area contributed by atoms with Crippen molar-refractivity contribution in [3.8, 4) is 0 Å². The fourth-order valence-electron chi connectivity index (χ4n) is 1.35. The Morgan fingerprint density at radius 2 is 1.87 bits per heavy atom. The topological polar surface area (TPSA) is 70.3 Å². The summed E-state index contributed by atoms with van der Waals surface area (Å²) in [5.41, 5.74) is 0.373. The minimum absolute atomic E-state index is 0.373. The van der Waals surface area contributed by atoms with Gasteiger partial charge < -0.3 is 0 Å². The maximum absolute atomic E-state index is 9.85. The van der Waals surface area contributed by atoms with Crippen LogP contribution in [0.4, 0.5) is 0 Å². The Bertz CT molecular complexity index is 237. The molecule has 1 unspecified atom stereocenters. The minimum Gasteiger partial charge on any atom is -0.222 e. The normalized spacial score (nSPS) is 11.5. The quantitative estimate of drug-likeness (QED) is 0.562. The Balaban J connectivity index is 0. The lowest BCUT2D eigenvalue weighted by molar-refractivity contribution is 0.270. The van der Waals surface area contributed by atoms with Gasteiger partial charge in [0.15, 0.2) is 0 Å². The second kappa shape index (κ2) is 9.32. The number of rotatable bonds is 5. The maximum Gasteiger partial charge on any atom is 0.234 e. The van der Waals surface area contributed by atoms with E-state index in [1.807, 2.05) is 0 Å². The summed E-state index contributed by atoms with van der Waals surface area (Å²) in [7, 11) is 0. The molecule has 0 radical (unpaired) electrons. The predicted molar refractivity (Wildman–Crippen MR) is 59.3 cm³/mol. The third-order valence-electron chi connectivity index (χ3n) is 2.33. The number of isocyanates is 2. The molecule has 0 aromatic rings. The molecule has 0 saturated carbocycles. The van der Waals surface area contributed by atoms with Crippen molar-refractivity contribution in [3.63, 3.8) is 0 Å². The van der Waals surface area contributed by atoms with Crippen molar-refractivity contribution in [1.29, 1.82) is 5.41 Å². The first kappa shape index (κ1) is 16.2. The van der Waals surface area contributed by atoms with Gasteiger partial charge in [0.25, 0.3) is 0 Å². The smallest absolute Gasteiger partial charge is 0.222 e. The first-order chi connectivity index (χ1) is 6.93. The fourth-order valence-corrected chi connectivity index (χ4v) is 1.35. The van der Waals surface area contributed by atoms with Gasteiger partial charge in [0, 0.05) is 0 Å². The van der Waals surface area contributed by atoms with E-state index < -0.39 is 0 Å². The van der Waals surface area contributed by atoms with Gasteiger partial charge in [-0.05, 0) is 17.8 Å². The van der Waals surface area contributed by atoms with Gasteiger partial charge in [0.05, 0.1) is 6.54 Å². The summed E-state index contributed by atoms with van der Waals surface area (Å²) in [5, 5.41) is 5.40. The zero-order chi connectivity index (χ0) is 12.3. The van der Waals surface area contributed by atoms with Crippen LogP contribution in [-0.2, 0) is 9.59 Å². The summed E-state index contributed by atoms with van der Waals surface area (Å²) in [5.74, 6) is 0.487. The highest BCUT2D eigenvalue weighted by Gasteiger charge is 2.18. The lowest BCUT2D eigenvalue weighted by Crippen LogP contribution is -2.15. The standard InChI is InChI=1S/C10H19NO.CHNO/c1-5-10(3,4)6-9(2)7-11-8-12;2-1-3/h9H,5-7H2,1-4H3;2H. The van der Waals surface area contributed by atoms with Crippen LogP contribution in [0.5, 0.6) is 0 Å². The number of carbonyl (C=O) groups excluding carboxylic acids is 2. The lowest BCUT2D eigenvalue weighted by Gasteiger charge is -2.25. The fraction of sp³-hybridized carbons (Fsp3) is 0.818. The van der Waals surface area contributed by atoms with Crippen LogP contribution in [0, 0.1) is 16.7 Å². The van der Waals surface area contributed by atoms with E-state index in [9.17, 15) is 4.79 Å². The van der Waals surface area contributed by atoms with Gasteiger partial charge in [0.2, 0.25) is 12.2 Å². The van der Waals surface area contributed by atoms with Gasteiger partial charge in [-0.1, -0.05) is 34.1 Å². The molecular weight excluding hydrogens is 192 g/mol. The second-order valence-corrected chi connectivity index (χ2v) is 4.36. The molecule has 0 aliphatic heterocycles. The monoisotopic (exact) mass is 212 g/mol. The summed E-state index contributed by atoms with van der Waals surface area (Å²) in [4.78, 5) is 21.8. The van der Waals surface area contributed by atoms with Gasteiger partial charge in [-0.25, -0.2) is 20.0 Å². The van der Waals surface area contributed by atoms with Gasteiger partial charge in [-0.2, -0.15) is 0 Å². The summed E-state index contributed by atoms with van der Waals surface area (Å²) >= 11 is 0. The highest BCUT2D eigenvalue weighted by Crippen LogP contribution is 2.28. The van der Waals surface area contributed by atoms with E-state index >= 15 is 0 Å². The Kier molecular flexibility index (Phi) is 10.1. The van der Waals surface area contributed by atoms with Crippen molar-refractivity contribution in [2.24, 2.45) is 16.3 Å². The van der Waals surface area contributed by atoms with Gasteiger partial charge in [0.1, 0.15) is 0 Å². The summed E-state index contributed by atoms with van der Waals surface area (Å²) < 4.78 is 0. The number of hydrogen-bond acceptors (Lipinski definition) is 4. The zero-order valence-corrected chi connectivity index (χ0v) is 9.96. The van der Waals surface area contributed by atoms with Crippen molar-refractivity contribution < 1.29 is 9.59 Å². The molecular formula is C11H20N2O2. The molecule has 0 aromatic heterocycles. The molecule has 15 heavy (non-hydrogen) atoms. The number of aliphatic imine (C=N–C) groups is 1. The molecule has 86 valence electrons. The van der Waals surface area contributed by atoms with Crippen molar-refractivity contribution in [2.45, 2.75) is 40.5 Å². The third-order valence-corrected chi connectivity index (χ3v) is 2.33. The molecule has 0 aliphatic rings. The molecule has 0 fully saturated rings. The Morgan fingerprint density at radius 3 is 2.20 bits per heavy atom. The van der Waals surface area contributed by atoms with Crippen LogP contribution in [0.2, 0.25) is 0 Å². The molecule has 0 heterocycles. The Labute approximate surface area is 91.3 Å². The van der Waals surface area contributed by atoms with Crippen LogP contribution < -0.4 is 0 Å². The highest BCUT2D eigenvalue weighted by molar-refractivity contribution is 5.32. The molecule has 0 bridgehead atoms. The van der Waals surface area contributed by atoms with Crippen molar-refractivity contribution in [3.05, 3.63) is 0 Å². The van der Waals surface area contributed by atoms with Gasteiger partial charge in [-0.3, -0.25) is 0 Å². The largest absolute Gasteiger partial charge is 0.234 e. The molecule has 0 spiro atoms. The second-order valence-electron chi connectivity index (χ2n) is 4.36. The molecule has 4 heteroatoms. The van der Waals surface area contributed by atoms with Crippen LogP contribution in [0.1, 0.15) is 40.5 Å². The van der Waals surface area contributed by atoms with E-state index in [0.717, 1.165) is 12.5 Å². The van der Waals surface area contributed by atoms with Crippen LogP contribution >= 0.6 is 0 Å². The molecule has 0 amide bonds. The number of hydrogen-bond donors (Lipinski definition) is 1. The summed E-state index contributed by atoms with van der Waals surface area (Å²) in [6, 6.07) is 0. The number of nitrogens with one attached hydrogen (secondary N) is 1. The molecule has 0 saturated heterocycles. The van der Waals surface area contributed by atoms with Crippen molar-refractivity contribution >= 4 is 12.2 Å². The van der Waals surface area contributed by atoms with E-state index in [1.165, 1.54) is 6.42 Å². The van der Waals surface area contributed by atoms with Crippen LogP contribution in [0.25, 0.3) is 0 Å². The Hall–Kier alpha value is -1.24. The molecule has 0 aliphatic carbocycles. The molecule has 0 aromatic carbocycles. The van der Waals surface area contributed by atoms with Crippen LogP contribution in [0.15, 0.2) is 4.99 Å². The Morgan fingerprint density at radius 1 is 1.40 bits per heavy atom. The SMILES string of the molecule is CCC(C)(C)CC(C)CN=C=O.N=C=O. The van der Waals surface area contributed by atoms with Crippen molar-refractivity contribution in [1.82, 2.24) is 0 Å². The first-order valence-electron chi connectivity index (χ1n) is 5.01. The average molecular weight is 212 g/mol. The molecule has 4 nitrogen and oxygen atoms in total. The highest BCUT2D eigenvalue weighted by atomic mass is 16.1. The number of nitrogens with zero attached hydrogens (tertiary/aromatic N) is 1. The first-order valence-corrected chi connectivity index (χ1v) is 5.01. The van der Waals surface area contributed by atoms with E-state index in [1.54, 1.807) is 6.08 Å². The van der Waals surface area contributed by atoms with E-state index in [0.29, 0.717) is 17.9 Å². The minimum atomic E-state index is 0.373. The molecule has 0 rings (SSSR count). The third kappa shape index (κ3) is 12.8. The van der Waals surface area contributed by atoms with Crippen LogP contribution in [-0.4, -0.2) is 18.7 Å². The predicted octanol–water partition coefficient (Wildman–Crippen LogP) is 2.69. The average Bonchev–Trinajstić information content (AvgIpc) is 2.15. The summed E-state index contributed by atoms with van der Waals surface area (Å²) in [6.45, 7) is 9.42. The van der Waals surface area contributed by atoms with Crippen molar-refractivity contribution in [2.75, 3.05) is 6.54 Å². The van der Waals surface area contributed by atoms with E-state index in [4.69, 9.17) is 10.2 Å². The van der Waals surface area contributed by atoms with Gasteiger partial charge in [-0.15, -0.1) is 0 Å². The maximum atomic E-state index is 9.85. The van der Waals surface area contributed by atoms with Gasteiger partial charge >= 0.3 is 0 Å². The van der Waals surface area contributed by atoms with E-state index in [-0.39, 0.29) is 0 Å². The molecule has 1 atom stereocenters. The molecule has 1 N–H and O–H groups in total. The van der Waals surface area contributed by atoms with E-state index in [2.05, 4.69) is 32.7 Å².